The summed E-state index contributed by atoms with van der Waals surface area (Å²) in [6.45, 7) is 12.5. The molecule has 2 bridgehead atoms. The van der Waals surface area contributed by atoms with Crippen LogP contribution in [0.2, 0.25) is 0 Å². The highest BCUT2D eigenvalue weighted by atomic mass is 16.7. The van der Waals surface area contributed by atoms with E-state index >= 15 is 0 Å². The van der Waals surface area contributed by atoms with E-state index in [4.69, 9.17) is 33.2 Å². The minimum Gasteiger partial charge on any atom is -0.460 e. The largest absolute Gasteiger partial charge is 0.514 e. The molecule has 77 heavy (non-hydrogen) atoms. The number of benzene rings is 1. The van der Waals surface area contributed by atoms with Gasteiger partial charge in [-0.15, -0.1) is 0 Å². The number of nitro benzene ring substituents is 1. The van der Waals surface area contributed by atoms with Crippen LogP contribution in [0.5, 0.6) is 5.75 Å². The van der Waals surface area contributed by atoms with E-state index in [0.717, 1.165) is 10.5 Å². The lowest BCUT2D eigenvalue weighted by molar-refractivity contribution is -0.384. The first-order valence-electron chi connectivity index (χ1n) is 27.1. The quantitative estimate of drug-likeness (QED) is 0.0589. The van der Waals surface area contributed by atoms with Gasteiger partial charge in [0, 0.05) is 70.6 Å². The molecule has 3 heterocycles. The van der Waals surface area contributed by atoms with Crippen LogP contribution in [-0.2, 0) is 52.4 Å². The van der Waals surface area contributed by atoms with Gasteiger partial charge in [-0.2, -0.15) is 0 Å². The number of carbonyl (C=O) groups excluding carboxylic acids is 6. The van der Waals surface area contributed by atoms with Gasteiger partial charge in [0.2, 0.25) is 5.79 Å². The lowest BCUT2D eigenvalue weighted by Gasteiger charge is -2.42. The normalized spacial score (nSPS) is 35.7. The Morgan fingerprint density at radius 3 is 2.25 bits per heavy atom. The number of ketones is 3. The summed E-state index contributed by atoms with van der Waals surface area (Å²) in [4.78, 5) is 95.9. The second-order valence-electron chi connectivity index (χ2n) is 21.8. The van der Waals surface area contributed by atoms with E-state index < -0.39 is 107 Å². The van der Waals surface area contributed by atoms with Gasteiger partial charge in [0.25, 0.3) is 17.4 Å². The topological polar surface area (TPSA) is 254 Å². The van der Waals surface area contributed by atoms with Crippen molar-refractivity contribution < 1.29 is 77.1 Å². The summed E-state index contributed by atoms with van der Waals surface area (Å²) in [6, 6.07) is 3.77. The fraction of sp³-hybridized carbons (Fsp3) is 0.655. The number of rotatable bonds is 9. The van der Waals surface area contributed by atoms with E-state index in [2.05, 4.69) is 0 Å². The van der Waals surface area contributed by atoms with Crippen molar-refractivity contribution in [1.29, 1.82) is 0 Å². The molecule has 3 aliphatic heterocycles. The molecule has 19 nitrogen and oxygen atoms in total. The van der Waals surface area contributed by atoms with Crippen molar-refractivity contribution in [2.45, 2.75) is 180 Å². The molecule has 4 aliphatic rings. The molecule has 0 spiro atoms. The molecule has 3 fully saturated rings. The number of non-ortho nitro benzene ring substituents is 1. The first kappa shape index (κ1) is 62.4. The van der Waals surface area contributed by atoms with Crippen LogP contribution in [-0.4, -0.2) is 138 Å². The summed E-state index contributed by atoms with van der Waals surface area (Å²) >= 11 is 0. The Balaban J connectivity index is 1.42. The summed E-state index contributed by atoms with van der Waals surface area (Å²) in [7, 11) is 4.41. The number of ether oxygens (including phenoxy) is 7. The van der Waals surface area contributed by atoms with E-state index in [1.165, 1.54) is 38.5 Å². The van der Waals surface area contributed by atoms with Crippen LogP contribution in [0.3, 0.4) is 0 Å². The number of allylic oxidation sites excluding steroid dienone is 6. The lowest BCUT2D eigenvalue weighted by Crippen LogP contribution is -2.61. The molecule has 1 saturated carbocycles. The van der Waals surface area contributed by atoms with Gasteiger partial charge in [0.1, 0.15) is 42.0 Å². The fourth-order valence-corrected chi connectivity index (χ4v) is 11.1. The summed E-state index contributed by atoms with van der Waals surface area (Å²) in [5, 5.41) is 34.6. The maximum Gasteiger partial charge on any atom is 0.514 e. The van der Waals surface area contributed by atoms with Crippen LogP contribution in [0.1, 0.15) is 126 Å². The number of cyclic esters (lactones) is 1. The first-order chi connectivity index (χ1) is 36.5. The van der Waals surface area contributed by atoms with Gasteiger partial charge in [-0.05, 0) is 119 Å². The van der Waals surface area contributed by atoms with E-state index in [-0.39, 0.29) is 60.6 Å². The number of carbonyl (C=O) groups is 6. The Hall–Kier alpha value is -5.44. The molecule has 2 saturated heterocycles. The lowest BCUT2D eigenvalue weighted by atomic mass is 9.78. The second kappa shape index (κ2) is 29.0. The molecule has 0 aromatic heterocycles. The Kier molecular flexibility index (Phi) is 23.5. The van der Waals surface area contributed by atoms with Crippen LogP contribution in [0.4, 0.5) is 10.5 Å². The highest BCUT2D eigenvalue weighted by Crippen LogP contribution is 2.38. The van der Waals surface area contributed by atoms with Gasteiger partial charge in [-0.1, -0.05) is 71.1 Å². The molecule has 1 aromatic carbocycles. The third kappa shape index (κ3) is 16.8. The van der Waals surface area contributed by atoms with E-state index in [1.54, 1.807) is 40.9 Å². The van der Waals surface area contributed by atoms with Crippen molar-refractivity contribution >= 4 is 41.1 Å². The monoisotopic (exact) mass is 1080 g/mol. The van der Waals surface area contributed by atoms with Crippen molar-refractivity contribution in [3.63, 3.8) is 0 Å². The van der Waals surface area contributed by atoms with Crippen molar-refractivity contribution in [2.24, 2.45) is 35.5 Å². The van der Waals surface area contributed by atoms with Crippen LogP contribution >= 0.6 is 0 Å². The number of aliphatic hydroxyl groups excluding tert-OH is 1. The van der Waals surface area contributed by atoms with E-state index in [9.17, 15) is 49.1 Å². The highest BCUT2D eigenvalue weighted by Gasteiger charge is 2.53. The Bertz CT molecular complexity index is 2350. The number of esters is 1. The number of fused-ring (bicyclic) bond motifs is 3. The fourth-order valence-electron chi connectivity index (χ4n) is 11.1. The van der Waals surface area contributed by atoms with Gasteiger partial charge in [-0.25, -0.2) is 9.59 Å². The molecule has 0 radical (unpaired) electrons. The van der Waals surface area contributed by atoms with Crippen LogP contribution in [0.15, 0.2) is 71.9 Å². The molecule has 3 unspecified atom stereocenters. The minimum atomic E-state index is -2.48. The van der Waals surface area contributed by atoms with Gasteiger partial charge >= 0.3 is 12.1 Å². The molecular formula is C58H82N2O17. The minimum absolute atomic E-state index is 0.0150. The van der Waals surface area contributed by atoms with Crippen molar-refractivity contribution in [3.8, 4) is 5.75 Å². The standard InChI is InChI=1S/C58H82N2O17/c1-34-16-12-11-13-17-35(2)48(71-8)32-44-23-19-40(7)58(68,77-44)54(64)55(65)59-27-15-14-18-45(59)56(66)75-49(33-46(61)36(3)29-39(6)52(63)53(73-10)51(62)38(5)28-34)37(4)30-41-20-26-47(50(31-41)72-9)76-57(67)74-43-24-21-42(22-25-43)60(69)70/h11-13,16-17,21-22,24-25,29,34,36-38,40-41,44-45,47-50,52-53,63,68H,14-15,18-20,23,26-28,30-33H2,1-10H3/b13-11+,16-12+,35-17+,39-29+/t34?,36-,37-,38?,40-,41?,44+,45+,47-,48+,49+,50-,52-,53+,58-/m1/s1. The molecule has 426 valence electrons. The maximum atomic E-state index is 14.6. The molecule has 15 atom stereocenters. The van der Waals surface area contributed by atoms with Crippen molar-refractivity contribution in [3.05, 3.63) is 82.0 Å². The van der Waals surface area contributed by atoms with Crippen LogP contribution in [0.25, 0.3) is 0 Å². The SMILES string of the molecule is CO[C@H]1C[C@@H]2CC[C@@H](C)[C@@](O)(O2)C(=O)C(=O)N2CCCC[C@H]2C(=O)O[C@H]([C@H](C)CC2CC[C@@H](OC(=O)Oc3ccc([N+](=O)[O-])cc3)[C@H](OC)C2)CC(=O)[C@H](C)/C=C(\C)[C@@H](O)[C@@H](OC)C(=O)C(C)CC(C)/C=C/C=C/C=C/1C. The van der Waals surface area contributed by atoms with Gasteiger partial charge < -0.3 is 48.3 Å². The van der Waals surface area contributed by atoms with Crippen LogP contribution in [0, 0.1) is 45.6 Å². The van der Waals surface area contributed by atoms with Crippen LogP contribution < -0.4 is 4.74 Å². The number of methoxy groups -OCH3 is 3. The predicted octanol–water partition coefficient (Wildman–Crippen LogP) is 8.31. The summed E-state index contributed by atoms with van der Waals surface area (Å²) in [5.74, 6) is -8.71. The second-order valence-corrected chi connectivity index (χ2v) is 21.8. The molecule has 5 rings (SSSR count). The molecule has 2 N–H and O–H groups in total. The van der Waals surface area contributed by atoms with E-state index in [1.807, 2.05) is 51.2 Å². The number of Topliss-reactive ketones (excluding diaryl/α,β-unsaturated/α-hetero) is 3. The molecule has 19 heteroatoms. The van der Waals surface area contributed by atoms with Crippen molar-refractivity contribution in [1.82, 2.24) is 4.90 Å². The first-order valence-corrected chi connectivity index (χ1v) is 27.1. The number of amides is 1. The molecule has 1 aromatic rings. The Labute approximate surface area is 452 Å². The number of aliphatic hydroxyl groups is 2. The average Bonchev–Trinajstić information content (AvgIpc) is 3.41. The van der Waals surface area contributed by atoms with E-state index in [0.29, 0.717) is 63.4 Å². The number of hydrogen-bond acceptors (Lipinski definition) is 17. The summed E-state index contributed by atoms with van der Waals surface area (Å²) in [6.07, 6.45) is 8.42. The highest BCUT2D eigenvalue weighted by molar-refractivity contribution is 6.39. The summed E-state index contributed by atoms with van der Waals surface area (Å²) < 4.78 is 40.6. The molecular weight excluding hydrogens is 997 g/mol. The molecule has 1 amide bonds. The number of nitro groups is 1. The molecule has 1 aliphatic carbocycles. The third-order valence-electron chi connectivity index (χ3n) is 15.9. The average molecular weight is 1080 g/mol. The zero-order chi connectivity index (χ0) is 56.7. The van der Waals surface area contributed by atoms with Gasteiger partial charge in [-0.3, -0.25) is 29.3 Å². The summed E-state index contributed by atoms with van der Waals surface area (Å²) in [5.41, 5.74) is 1.03. The number of nitrogens with zero attached hydrogens (tertiary/aromatic N) is 2. The number of hydrogen-bond donors (Lipinski definition) is 2. The number of piperidine rings is 1. The van der Waals surface area contributed by atoms with Crippen molar-refractivity contribution in [2.75, 3.05) is 27.9 Å². The Morgan fingerprint density at radius 1 is 0.870 bits per heavy atom. The smallest absolute Gasteiger partial charge is 0.460 e. The zero-order valence-electron chi connectivity index (χ0n) is 46.5. The zero-order valence-corrected chi connectivity index (χ0v) is 46.5. The third-order valence-corrected chi connectivity index (χ3v) is 15.9. The van der Waals surface area contributed by atoms with Gasteiger partial charge in [0.05, 0.1) is 23.2 Å². The Morgan fingerprint density at radius 2 is 1.58 bits per heavy atom. The predicted molar refractivity (Wildman–Crippen MR) is 283 cm³/mol. The maximum absolute atomic E-state index is 14.6. The van der Waals surface area contributed by atoms with Gasteiger partial charge in [0.15, 0.2) is 5.78 Å².